The summed E-state index contributed by atoms with van der Waals surface area (Å²) in [4.78, 5) is 11.4. The van der Waals surface area contributed by atoms with Crippen LogP contribution in [0.25, 0.3) is 0 Å². The molecule has 0 radical (unpaired) electrons. The molecule has 22 heavy (non-hydrogen) atoms. The van der Waals surface area contributed by atoms with E-state index in [0.29, 0.717) is 24.0 Å². The van der Waals surface area contributed by atoms with Gasteiger partial charge in [-0.05, 0) is 30.0 Å². The molecule has 0 spiro atoms. The van der Waals surface area contributed by atoms with Gasteiger partial charge in [0.1, 0.15) is 0 Å². The topological polar surface area (TPSA) is 106 Å². The minimum atomic E-state index is -3.70. The van der Waals surface area contributed by atoms with Crippen LogP contribution in [0.4, 0.5) is 0 Å². The minimum absolute atomic E-state index is 0.0392. The molecule has 4 N–H and O–H groups in total. The number of hydrogen-bond donors (Lipinski definition) is 2. The molecule has 0 bridgehead atoms. The van der Waals surface area contributed by atoms with Gasteiger partial charge in [0, 0.05) is 29.2 Å². The van der Waals surface area contributed by atoms with Gasteiger partial charge in [0.2, 0.25) is 15.9 Å². The first-order chi connectivity index (χ1) is 10.0. The van der Waals surface area contributed by atoms with Crippen molar-refractivity contribution in [2.24, 2.45) is 16.9 Å². The molecule has 1 unspecified atom stereocenters. The largest absolute Gasteiger partial charge is 0.366 e. The number of sulfonamides is 1. The predicted octanol–water partition coefficient (Wildman–Crippen LogP) is 1.30. The Hall–Kier alpha value is -0.960. The molecule has 6 nitrogen and oxygen atoms in total. The van der Waals surface area contributed by atoms with Gasteiger partial charge >= 0.3 is 0 Å². The van der Waals surface area contributed by atoms with Crippen LogP contribution >= 0.6 is 15.9 Å². The van der Waals surface area contributed by atoms with Crippen LogP contribution in [0.5, 0.6) is 0 Å². The summed E-state index contributed by atoms with van der Waals surface area (Å²) >= 11 is 3.22. The number of benzene rings is 1. The molecule has 0 aliphatic carbocycles. The zero-order valence-electron chi connectivity index (χ0n) is 12.5. The molecule has 1 atom stereocenters. The van der Waals surface area contributed by atoms with Crippen LogP contribution in [0.15, 0.2) is 27.6 Å². The van der Waals surface area contributed by atoms with Gasteiger partial charge in [0.25, 0.3) is 0 Å². The van der Waals surface area contributed by atoms with Crippen LogP contribution in [0, 0.1) is 5.41 Å². The average Bonchev–Trinajstić information content (AvgIpc) is 2.40. The Morgan fingerprint density at radius 2 is 2.00 bits per heavy atom. The maximum Gasteiger partial charge on any atom is 0.248 e. The monoisotopic (exact) mass is 389 g/mol. The van der Waals surface area contributed by atoms with Gasteiger partial charge in [-0.25, -0.2) is 8.42 Å². The summed E-state index contributed by atoms with van der Waals surface area (Å²) in [5.41, 5.74) is 11.2. The third kappa shape index (κ3) is 3.34. The highest BCUT2D eigenvalue weighted by Crippen LogP contribution is 2.32. The Bertz CT molecular complexity index is 703. The van der Waals surface area contributed by atoms with Crippen LogP contribution in [0.3, 0.4) is 0 Å². The summed E-state index contributed by atoms with van der Waals surface area (Å²) in [6.45, 7) is 4.62. The average molecular weight is 390 g/mol. The summed E-state index contributed by atoms with van der Waals surface area (Å²) in [7, 11) is -3.70. The number of halogens is 1. The fourth-order valence-electron chi connectivity index (χ4n) is 2.53. The molecule has 0 saturated carbocycles. The van der Waals surface area contributed by atoms with Gasteiger partial charge in [-0.2, -0.15) is 4.31 Å². The summed E-state index contributed by atoms with van der Waals surface area (Å²) in [5, 5.41) is 0. The molecule has 1 aliphatic heterocycles. The minimum Gasteiger partial charge on any atom is -0.366 e. The van der Waals surface area contributed by atoms with E-state index in [1.54, 1.807) is 0 Å². The molecule has 1 aliphatic rings. The fraction of sp³-hybridized carbons (Fsp3) is 0.500. The highest BCUT2D eigenvalue weighted by Gasteiger charge is 2.39. The number of carbonyl (C=O) groups excluding carboxylic acids is 1. The molecule has 1 aromatic rings. The lowest BCUT2D eigenvalue weighted by molar-refractivity contribution is 0.1000. The number of nitrogens with zero attached hydrogens (tertiary/aromatic N) is 1. The number of rotatable bonds is 3. The highest BCUT2D eigenvalue weighted by atomic mass is 79.9. The van der Waals surface area contributed by atoms with Crippen molar-refractivity contribution in [2.45, 2.75) is 31.2 Å². The van der Waals surface area contributed by atoms with Crippen molar-refractivity contribution >= 4 is 31.9 Å². The van der Waals surface area contributed by atoms with Gasteiger partial charge in [0.15, 0.2) is 0 Å². The Labute approximate surface area is 139 Å². The molecule has 122 valence electrons. The van der Waals surface area contributed by atoms with E-state index >= 15 is 0 Å². The van der Waals surface area contributed by atoms with Crippen molar-refractivity contribution in [2.75, 3.05) is 13.1 Å². The molecule has 1 amide bonds. The standard InChI is InChI=1S/C14H20BrN3O3S/c1-14(2)8-18(4-3-12(14)16)22(20,21)11-6-9(13(17)19)5-10(15)7-11/h5-7,12H,3-4,8,16H2,1-2H3,(H2,17,19). The maximum atomic E-state index is 12.8. The molecular formula is C14H20BrN3O3S. The molecular weight excluding hydrogens is 370 g/mol. The van der Waals surface area contributed by atoms with Crippen molar-refractivity contribution in [1.82, 2.24) is 4.31 Å². The third-order valence-electron chi connectivity index (χ3n) is 4.07. The number of piperidine rings is 1. The number of nitrogens with two attached hydrogens (primary N) is 2. The van der Waals surface area contributed by atoms with E-state index in [1.165, 1.54) is 22.5 Å². The SMILES string of the molecule is CC1(C)CN(S(=O)(=O)c2cc(Br)cc(C(N)=O)c2)CCC1N. The van der Waals surface area contributed by atoms with Crippen LogP contribution in [-0.4, -0.2) is 37.8 Å². The molecule has 2 rings (SSSR count). The molecule has 1 aromatic carbocycles. The first-order valence-corrected chi connectivity index (χ1v) is 9.13. The second-order valence-corrected chi connectivity index (χ2v) is 9.12. The lowest BCUT2D eigenvalue weighted by Crippen LogP contribution is -2.53. The van der Waals surface area contributed by atoms with Gasteiger partial charge < -0.3 is 11.5 Å². The van der Waals surface area contributed by atoms with Crippen LogP contribution in [0.1, 0.15) is 30.6 Å². The number of hydrogen-bond acceptors (Lipinski definition) is 4. The normalized spacial score (nSPS) is 22.5. The zero-order valence-corrected chi connectivity index (χ0v) is 14.9. The van der Waals surface area contributed by atoms with Crippen LogP contribution in [-0.2, 0) is 10.0 Å². The van der Waals surface area contributed by atoms with E-state index in [9.17, 15) is 13.2 Å². The van der Waals surface area contributed by atoms with E-state index in [4.69, 9.17) is 11.5 Å². The van der Waals surface area contributed by atoms with E-state index in [-0.39, 0.29) is 21.9 Å². The molecule has 1 heterocycles. The Morgan fingerprint density at radius 1 is 1.36 bits per heavy atom. The van der Waals surface area contributed by atoms with Crippen LogP contribution in [0.2, 0.25) is 0 Å². The second kappa shape index (κ2) is 5.92. The molecule has 1 saturated heterocycles. The first kappa shape index (κ1) is 17.4. The summed E-state index contributed by atoms with van der Waals surface area (Å²) in [6.07, 6.45) is 0.600. The van der Waals surface area contributed by atoms with Crippen molar-refractivity contribution in [3.63, 3.8) is 0 Å². The Balaban J connectivity index is 2.41. The second-order valence-electron chi connectivity index (χ2n) is 6.26. The van der Waals surface area contributed by atoms with E-state index in [0.717, 1.165) is 0 Å². The first-order valence-electron chi connectivity index (χ1n) is 6.90. The molecule has 8 heteroatoms. The third-order valence-corrected chi connectivity index (χ3v) is 6.35. The number of amides is 1. The summed E-state index contributed by atoms with van der Waals surface area (Å²) in [5.74, 6) is -0.668. The Morgan fingerprint density at radius 3 is 2.55 bits per heavy atom. The smallest absolute Gasteiger partial charge is 0.248 e. The van der Waals surface area contributed by atoms with E-state index in [2.05, 4.69) is 15.9 Å². The van der Waals surface area contributed by atoms with Crippen LogP contribution < -0.4 is 11.5 Å². The quantitative estimate of drug-likeness (QED) is 0.811. The van der Waals surface area contributed by atoms with Crippen molar-refractivity contribution < 1.29 is 13.2 Å². The van der Waals surface area contributed by atoms with Crippen molar-refractivity contribution in [3.8, 4) is 0 Å². The lowest BCUT2D eigenvalue weighted by atomic mass is 9.81. The Kier molecular flexibility index (Phi) is 4.68. The van der Waals surface area contributed by atoms with Crippen molar-refractivity contribution in [1.29, 1.82) is 0 Å². The number of carbonyl (C=O) groups is 1. The highest BCUT2D eigenvalue weighted by molar-refractivity contribution is 9.10. The van der Waals surface area contributed by atoms with E-state index < -0.39 is 15.9 Å². The lowest BCUT2D eigenvalue weighted by Gasteiger charge is -2.41. The fourth-order valence-corrected chi connectivity index (χ4v) is 4.88. The summed E-state index contributed by atoms with van der Waals surface area (Å²) < 4.78 is 27.6. The molecule has 1 fully saturated rings. The zero-order chi connectivity index (χ0) is 16.7. The van der Waals surface area contributed by atoms with Gasteiger partial charge in [-0.1, -0.05) is 29.8 Å². The van der Waals surface area contributed by atoms with Gasteiger partial charge in [0.05, 0.1) is 4.90 Å². The maximum absolute atomic E-state index is 12.8. The van der Waals surface area contributed by atoms with Gasteiger partial charge in [-0.15, -0.1) is 0 Å². The van der Waals surface area contributed by atoms with Crippen molar-refractivity contribution in [3.05, 3.63) is 28.2 Å². The number of primary amides is 1. The predicted molar refractivity (Wildman–Crippen MR) is 87.8 cm³/mol. The molecule has 0 aromatic heterocycles. The van der Waals surface area contributed by atoms with Gasteiger partial charge in [-0.3, -0.25) is 4.79 Å². The summed E-state index contributed by atoms with van der Waals surface area (Å²) in [6, 6.07) is 4.24. The van der Waals surface area contributed by atoms with E-state index in [1.807, 2.05) is 13.8 Å².